The Balaban J connectivity index is 1.79. The second kappa shape index (κ2) is 7.29. The van der Waals surface area contributed by atoms with E-state index in [9.17, 15) is 4.79 Å². The van der Waals surface area contributed by atoms with Gasteiger partial charge in [-0.1, -0.05) is 0 Å². The van der Waals surface area contributed by atoms with Gasteiger partial charge in [-0.3, -0.25) is 4.79 Å². The van der Waals surface area contributed by atoms with E-state index < -0.39 is 0 Å². The number of carbonyl (C=O) groups is 1. The Bertz CT molecular complexity index is 457. The zero-order valence-corrected chi connectivity index (χ0v) is 12.3. The average Bonchev–Trinajstić information content (AvgIpc) is 2.43. The number of ether oxygens (including phenoxy) is 2. The van der Waals surface area contributed by atoms with E-state index in [1.807, 2.05) is 32.0 Å². The van der Waals surface area contributed by atoms with E-state index in [1.165, 1.54) is 5.56 Å². The lowest BCUT2D eigenvalue weighted by Crippen LogP contribution is -2.14. The molecule has 0 spiro atoms. The van der Waals surface area contributed by atoms with Gasteiger partial charge in [-0.05, 0) is 56.9 Å². The van der Waals surface area contributed by atoms with Crippen molar-refractivity contribution in [1.29, 1.82) is 0 Å². The fourth-order valence-corrected chi connectivity index (χ4v) is 2.21. The molecule has 2 rings (SSSR count). The Morgan fingerprint density at radius 1 is 1.45 bits per heavy atom. The minimum absolute atomic E-state index is 0.0361. The van der Waals surface area contributed by atoms with E-state index >= 15 is 0 Å². The molecule has 0 radical (unpaired) electrons. The summed E-state index contributed by atoms with van der Waals surface area (Å²) in [7, 11) is 0. The largest absolute Gasteiger partial charge is 0.493 e. The maximum atomic E-state index is 11.8. The fraction of sp³-hybridized carbons (Fsp3) is 0.562. The number of anilines is 1. The lowest BCUT2D eigenvalue weighted by molar-refractivity contribution is -0.116. The Morgan fingerprint density at radius 2 is 2.30 bits per heavy atom. The standard InChI is InChI=1S/C16H23NO3/c1-12(2)19-9-4-6-16(18)17-14-7-8-15-13(11-14)5-3-10-20-15/h7-8,11-12H,3-6,9-10H2,1-2H3,(H,17,18). The predicted octanol–water partition coefficient (Wildman–Crippen LogP) is 3.16. The molecular formula is C16H23NO3. The van der Waals surface area contributed by atoms with Crippen molar-refractivity contribution in [3.8, 4) is 5.75 Å². The molecule has 1 amide bonds. The van der Waals surface area contributed by atoms with Crippen LogP contribution in [0.2, 0.25) is 0 Å². The van der Waals surface area contributed by atoms with E-state index in [0.717, 1.165) is 37.3 Å². The summed E-state index contributed by atoms with van der Waals surface area (Å²) in [6, 6.07) is 5.84. The van der Waals surface area contributed by atoms with Crippen LogP contribution in [0.15, 0.2) is 18.2 Å². The number of fused-ring (bicyclic) bond motifs is 1. The van der Waals surface area contributed by atoms with Gasteiger partial charge in [0.1, 0.15) is 5.75 Å². The highest BCUT2D eigenvalue weighted by atomic mass is 16.5. The van der Waals surface area contributed by atoms with Gasteiger partial charge >= 0.3 is 0 Å². The van der Waals surface area contributed by atoms with Gasteiger partial charge in [0, 0.05) is 18.7 Å². The molecule has 20 heavy (non-hydrogen) atoms. The quantitative estimate of drug-likeness (QED) is 0.812. The van der Waals surface area contributed by atoms with Crippen LogP contribution in [0.5, 0.6) is 5.75 Å². The van der Waals surface area contributed by atoms with Crippen molar-refractivity contribution >= 4 is 11.6 Å². The third kappa shape index (κ3) is 4.53. The van der Waals surface area contributed by atoms with Crippen molar-refractivity contribution in [2.24, 2.45) is 0 Å². The molecular weight excluding hydrogens is 254 g/mol. The zero-order valence-electron chi connectivity index (χ0n) is 12.3. The van der Waals surface area contributed by atoms with E-state index in [0.29, 0.717) is 13.0 Å². The van der Waals surface area contributed by atoms with Gasteiger partial charge in [-0.2, -0.15) is 0 Å². The van der Waals surface area contributed by atoms with Crippen LogP contribution in [0.3, 0.4) is 0 Å². The van der Waals surface area contributed by atoms with Gasteiger partial charge in [0.2, 0.25) is 5.91 Å². The number of hydrogen-bond donors (Lipinski definition) is 1. The van der Waals surface area contributed by atoms with Crippen LogP contribution in [0, 0.1) is 0 Å². The number of carbonyl (C=O) groups excluding carboxylic acids is 1. The van der Waals surface area contributed by atoms with Crippen molar-refractivity contribution in [2.45, 2.75) is 45.6 Å². The Kier molecular flexibility index (Phi) is 5.41. The summed E-state index contributed by atoms with van der Waals surface area (Å²) in [5.74, 6) is 0.980. The molecule has 110 valence electrons. The van der Waals surface area contributed by atoms with Crippen LogP contribution in [-0.4, -0.2) is 25.2 Å². The van der Waals surface area contributed by atoms with Crippen LogP contribution < -0.4 is 10.1 Å². The number of amides is 1. The smallest absolute Gasteiger partial charge is 0.224 e. The fourth-order valence-electron chi connectivity index (χ4n) is 2.21. The Hall–Kier alpha value is -1.55. The second-order valence-electron chi connectivity index (χ2n) is 5.35. The average molecular weight is 277 g/mol. The highest BCUT2D eigenvalue weighted by Gasteiger charge is 2.11. The molecule has 1 N–H and O–H groups in total. The molecule has 0 unspecified atom stereocenters. The van der Waals surface area contributed by atoms with Gasteiger partial charge in [-0.25, -0.2) is 0 Å². The highest BCUT2D eigenvalue weighted by molar-refractivity contribution is 5.90. The monoisotopic (exact) mass is 277 g/mol. The van der Waals surface area contributed by atoms with Crippen LogP contribution in [-0.2, 0) is 16.0 Å². The van der Waals surface area contributed by atoms with Crippen molar-refractivity contribution in [3.63, 3.8) is 0 Å². The molecule has 0 bridgehead atoms. The third-order valence-corrected chi connectivity index (χ3v) is 3.19. The van der Waals surface area contributed by atoms with Crippen molar-refractivity contribution < 1.29 is 14.3 Å². The second-order valence-corrected chi connectivity index (χ2v) is 5.35. The van der Waals surface area contributed by atoms with E-state index in [-0.39, 0.29) is 12.0 Å². The molecule has 4 heteroatoms. The minimum Gasteiger partial charge on any atom is -0.493 e. The minimum atomic E-state index is 0.0361. The van der Waals surface area contributed by atoms with E-state index in [4.69, 9.17) is 9.47 Å². The molecule has 0 saturated carbocycles. The molecule has 1 aromatic carbocycles. The van der Waals surface area contributed by atoms with E-state index in [2.05, 4.69) is 5.32 Å². The van der Waals surface area contributed by atoms with Crippen molar-refractivity contribution in [1.82, 2.24) is 0 Å². The Morgan fingerprint density at radius 3 is 3.10 bits per heavy atom. The van der Waals surface area contributed by atoms with Gasteiger partial charge < -0.3 is 14.8 Å². The summed E-state index contributed by atoms with van der Waals surface area (Å²) >= 11 is 0. The maximum Gasteiger partial charge on any atom is 0.224 e. The molecule has 1 heterocycles. The molecule has 1 aliphatic heterocycles. The first kappa shape index (κ1) is 14.9. The number of nitrogens with one attached hydrogen (secondary N) is 1. The molecule has 4 nitrogen and oxygen atoms in total. The number of hydrogen-bond acceptors (Lipinski definition) is 3. The molecule has 0 fully saturated rings. The molecule has 1 aliphatic rings. The van der Waals surface area contributed by atoms with Gasteiger partial charge in [-0.15, -0.1) is 0 Å². The number of benzene rings is 1. The molecule has 0 saturated heterocycles. The van der Waals surface area contributed by atoms with Crippen molar-refractivity contribution in [2.75, 3.05) is 18.5 Å². The number of aryl methyl sites for hydroxylation is 1. The van der Waals surface area contributed by atoms with Gasteiger partial charge in [0.05, 0.1) is 12.7 Å². The lowest BCUT2D eigenvalue weighted by Gasteiger charge is -2.18. The zero-order chi connectivity index (χ0) is 14.4. The molecule has 0 aliphatic carbocycles. The van der Waals surface area contributed by atoms with Gasteiger partial charge in [0.25, 0.3) is 0 Å². The summed E-state index contributed by atoms with van der Waals surface area (Å²) in [6.45, 7) is 5.40. The summed E-state index contributed by atoms with van der Waals surface area (Å²) in [6.07, 6.45) is 3.51. The highest BCUT2D eigenvalue weighted by Crippen LogP contribution is 2.27. The summed E-state index contributed by atoms with van der Waals surface area (Å²) in [5.41, 5.74) is 2.03. The van der Waals surface area contributed by atoms with Crippen LogP contribution in [0.25, 0.3) is 0 Å². The Labute approximate surface area is 120 Å². The third-order valence-electron chi connectivity index (χ3n) is 3.19. The first-order chi connectivity index (χ1) is 9.65. The maximum absolute atomic E-state index is 11.8. The SMILES string of the molecule is CC(C)OCCCC(=O)Nc1ccc2c(c1)CCCO2. The van der Waals surface area contributed by atoms with Crippen LogP contribution in [0.4, 0.5) is 5.69 Å². The first-order valence-electron chi connectivity index (χ1n) is 7.32. The molecule has 1 aromatic rings. The first-order valence-corrected chi connectivity index (χ1v) is 7.32. The summed E-state index contributed by atoms with van der Waals surface area (Å²) in [5, 5.41) is 2.93. The van der Waals surface area contributed by atoms with Crippen LogP contribution in [0.1, 0.15) is 38.7 Å². The number of rotatable bonds is 6. The normalized spacial score (nSPS) is 13.8. The van der Waals surface area contributed by atoms with Crippen molar-refractivity contribution in [3.05, 3.63) is 23.8 Å². The predicted molar refractivity (Wildman–Crippen MR) is 79.2 cm³/mol. The van der Waals surface area contributed by atoms with Crippen LogP contribution >= 0.6 is 0 Å². The summed E-state index contributed by atoms with van der Waals surface area (Å²) in [4.78, 5) is 11.8. The lowest BCUT2D eigenvalue weighted by atomic mass is 10.1. The summed E-state index contributed by atoms with van der Waals surface area (Å²) < 4.78 is 11.0. The van der Waals surface area contributed by atoms with Gasteiger partial charge in [0.15, 0.2) is 0 Å². The van der Waals surface area contributed by atoms with E-state index in [1.54, 1.807) is 0 Å². The molecule has 0 aromatic heterocycles. The topological polar surface area (TPSA) is 47.6 Å². The molecule has 0 atom stereocenters.